The van der Waals surface area contributed by atoms with Crippen LogP contribution in [0.15, 0.2) is 0 Å². The number of alkyl halides is 3. The van der Waals surface area contributed by atoms with E-state index < -0.39 is 12.6 Å². The fourth-order valence-electron chi connectivity index (χ4n) is 0.555. The highest BCUT2D eigenvalue weighted by molar-refractivity contribution is 4.61. The van der Waals surface area contributed by atoms with Gasteiger partial charge in [0, 0.05) is 12.8 Å². The Morgan fingerprint density at radius 1 is 1.27 bits per heavy atom. The molecule has 0 aliphatic carbocycles. The lowest BCUT2D eigenvalue weighted by Crippen LogP contribution is -2.17. The van der Waals surface area contributed by atoms with Gasteiger partial charge in [-0.25, -0.2) is 13.2 Å². The molecule has 0 bridgehead atoms. The summed E-state index contributed by atoms with van der Waals surface area (Å²) < 4.78 is 40.8. The van der Waals surface area contributed by atoms with Gasteiger partial charge in [0.2, 0.25) is 5.92 Å². The zero-order valence-corrected chi connectivity index (χ0v) is 6.58. The number of rotatable bonds is 6. The van der Waals surface area contributed by atoms with Crippen molar-refractivity contribution in [3.63, 3.8) is 0 Å². The minimum absolute atomic E-state index is 0.0647. The summed E-state index contributed by atoms with van der Waals surface area (Å²) in [7, 11) is 0. The highest BCUT2D eigenvalue weighted by atomic mass is 19.3. The number of hydrogen-bond donors (Lipinski definition) is 0. The van der Waals surface area contributed by atoms with Crippen molar-refractivity contribution in [3.8, 4) is 0 Å². The largest absolute Gasteiger partial charge is 0.379 e. The Hall–Kier alpha value is -0.250. The molecule has 0 heterocycles. The maximum Gasteiger partial charge on any atom is 0.250 e. The van der Waals surface area contributed by atoms with Crippen LogP contribution in [0, 0.1) is 0 Å². The zero-order valence-electron chi connectivity index (χ0n) is 6.58. The Bertz CT molecular complexity index is 95.7. The smallest absolute Gasteiger partial charge is 0.250 e. The van der Waals surface area contributed by atoms with Crippen LogP contribution in [0.5, 0.6) is 0 Å². The highest BCUT2D eigenvalue weighted by Crippen LogP contribution is 2.21. The monoisotopic (exact) mass is 170 g/mol. The molecular weight excluding hydrogens is 157 g/mol. The summed E-state index contributed by atoms with van der Waals surface area (Å²) in [6.45, 7) is 0.650. The summed E-state index contributed by atoms with van der Waals surface area (Å²) in [5.41, 5.74) is 0. The summed E-state index contributed by atoms with van der Waals surface area (Å²) in [4.78, 5) is 0. The molecular formula is C7H13F3O. The van der Waals surface area contributed by atoms with E-state index in [0.29, 0.717) is 0 Å². The topological polar surface area (TPSA) is 9.23 Å². The van der Waals surface area contributed by atoms with Crippen molar-refractivity contribution in [2.45, 2.75) is 25.7 Å². The van der Waals surface area contributed by atoms with Crippen LogP contribution in [0.1, 0.15) is 19.8 Å². The molecule has 1 nitrogen and oxygen atoms in total. The minimum Gasteiger partial charge on any atom is -0.379 e. The van der Waals surface area contributed by atoms with Crippen molar-refractivity contribution in [1.82, 2.24) is 0 Å². The normalized spacial score (nSPS) is 12.0. The number of halogens is 3. The van der Waals surface area contributed by atoms with Crippen molar-refractivity contribution in [2.75, 3.05) is 19.9 Å². The maximum absolute atomic E-state index is 12.4. The van der Waals surface area contributed by atoms with E-state index in [1.165, 1.54) is 6.92 Å². The molecule has 0 fully saturated rings. The summed E-state index contributed by atoms with van der Waals surface area (Å²) in [5, 5.41) is 0. The van der Waals surface area contributed by atoms with Crippen molar-refractivity contribution in [1.29, 1.82) is 0 Å². The molecule has 0 radical (unpaired) electrons. The Kier molecular flexibility index (Phi) is 5.28. The van der Waals surface area contributed by atoms with E-state index in [2.05, 4.69) is 4.74 Å². The molecule has 0 unspecified atom stereocenters. The predicted molar refractivity (Wildman–Crippen MR) is 36.6 cm³/mol. The van der Waals surface area contributed by atoms with E-state index in [1.54, 1.807) is 0 Å². The second kappa shape index (κ2) is 5.41. The van der Waals surface area contributed by atoms with Gasteiger partial charge in [-0.05, 0) is 0 Å². The van der Waals surface area contributed by atoms with E-state index in [0.717, 1.165) is 0 Å². The zero-order chi connectivity index (χ0) is 8.74. The van der Waals surface area contributed by atoms with Gasteiger partial charge >= 0.3 is 0 Å². The molecule has 0 aromatic heterocycles. The third-order valence-electron chi connectivity index (χ3n) is 1.35. The van der Waals surface area contributed by atoms with Crippen LogP contribution in [-0.4, -0.2) is 25.8 Å². The molecule has 0 aliphatic heterocycles. The number of ether oxygens (including phenoxy) is 1. The quantitative estimate of drug-likeness (QED) is 0.556. The molecule has 4 heteroatoms. The average Bonchev–Trinajstić information content (AvgIpc) is 1.99. The third kappa shape index (κ3) is 6.16. The first-order valence-corrected chi connectivity index (χ1v) is 3.64. The summed E-state index contributed by atoms with van der Waals surface area (Å²) in [6.07, 6.45) is -0.504. The van der Waals surface area contributed by atoms with Gasteiger partial charge in [-0.2, -0.15) is 0 Å². The van der Waals surface area contributed by atoms with E-state index in [1.807, 2.05) is 0 Å². The second-order valence-corrected chi connectivity index (χ2v) is 2.26. The van der Waals surface area contributed by atoms with Gasteiger partial charge in [0.1, 0.15) is 6.67 Å². The standard InChI is InChI=1S/C7H13F3O/c1-2-7(9,10)3-5-11-6-4-8/h2-6H2,1H3. The first-order chi connectivity index (χ1) is 5.12. The first-order valence-electron chi connectivity index (χ1n) is 3.64. The number of hydrogen-bond acceptors (Lipinski definition) is 1. The minimum atomic E-state index is -2.66. The van der Waals surface area contributed by atoms with Crippen LogP contribution in [0.3, 0.4) is 0 Å². The van der Waals surface area contributed by atoms with Gasteiger partial charge in [-0.1, -0.05) is 6.92 Å². The molecule has 0 spiro atoms. The van der Waals surface area contributed by atoms with Crippen molar-refractivity contribution >= 4 is 0 Å². The molecule has 0 aromatic carbocycles. The lowest BCUT2D eigenvalue weighted by Gasteiger charge is -2.12. The molecule has 0 atom stereocenters. The van der Waals surface area contributed by atoms with E-state index in [4.69, 9.17) is 0 Å². The van der Waals surface area contributed by atoms with E-state index >= 15 is 0 Å². The van der Waals surface area contributed by atoms with Gasteiger partial charge in [0.05, 0.1) is 13.2 Å². The molecule has 11 heavy (non-hydrogen) atoms. The molecule has 0 rings (SSSR count). The summed E-state index contributed by atoms with van der Waals surface area (Å²) in [5.74, 6) is -2.66. The van der Waals surface area contributed by atoms with Crippen LogP contribution in [-0.2, 0) is 4.74 Å². The van der Waals surface area contributed by atoms with Gasteiger partial charge in [-0.15, -0.1) is 0 Å². The first kappa shape index (κ1) is 10.8. The van der Waals surface area contributed by atoms with Crippen LogP contribution in [0.25, 0.3) is 0 Å². The lowest BCUT2D eigenvalue weighted by molar-refractivity contribution is -0.0369. The molecule has 0 saturated carbocycles. The van der Waals surface area contributed by atoms with E-state index in [-0.39, 0.29) is 26.1 Å². The fourth-order valence-corrected chi connectivity index (χ4v) is 0.555. The molecule has 0 N–H and O–H groups in total. The van der Waals surface area contributed by atoms with Gasteiger partial charge in [-0.3, -0.25) is 0 Å². The van der Waals surface area contributed by atoms with E-state index in [9.17, 15) is 13.2 Å². The van der Waals surface area contributed by atoms with Gasteiger partial charge < -0.3 is 4.74 Å². The maximum atomic E-state index is 12.4. The second-order valence-electron chi connectivity index (χ2n) is 2.26. The Labute approximate surface area is 64.5 Å². The lowest BCUT2D eigenvalue weighted by atomic mass is 10.2. The van der Waals surface area contributed by atoms with Crippen LogP contribution in [0.2, 0.25) is 0 Å². The molecule has 0 aliphatic rings. The predicted octanol–water partition coefficient (Wildman–Crippen LogP) is 2.41. The van der Waals surface area contributed by atoms with Crippen LogP contribution >= 0.6 is 0 Å². The third-order valence-corrected chi connectivity index (χ3v) is 1.35. The molecule has 0 aromatic rings. The Morgan fingerprint density at radius 2 is 1.91 bits per heavy atom. The molecule has 68 valence electrons. The SMILES string of the molecule is CCC(F)(F)CCOCCF. The molecule has 0 amide bonds. The van der Waals surface area contributed by atoms with Gasteiger partial charge in [0.25, 0.3) is 0 Å². The summed E-state index contributed by atoms with van der Waals surface area (Å²) in [6, 6.07) is 0. The van der Waals surface area contributed by atoms with Crippen molar-refractivity contribution in [2.24, 2.45) is 0 Å². The summed E-state index contributed by atoms with van der Waals surface area (Å²) >= 11 is 0. The van der Waals surface area contributed by atoms with Crippen molar-refractivity contribution in [3.05, 3.63) is 0 Å². The highest BCUT2D eigenvalue weighted by Gasteiger charge is 2.25. The van der Waals surface area contributed by atoms with Crippen LogP contribution < -0.4 is 0 Å². The Balaban J connectivity index is 3.23. The van der Waals surface area contributed by atoms with Crippen LogP contribution in [0.4, 0.5) is 13.2 Å². The van der Waals surface area contributed by atoms with Gasteiger partial charge in [0.15, 0.2) is 0 Å². The van der Waals surface area contributed by atoms with Crippen molar-refractivity contribution < 1.29 is 17.9 Å². The average molecular weight is 170 g/mol. The fraction of sp³-hybridized carbons (Fsp3) is 1.00. The molecule has 0 saturated heterocycles. The Morgan fingerprint density at radius 3 is 2.36 bits per heavy atom.